The first-order valence-corrected chi connectivity index (χ1v) is 13.1. The Labute approximate surface area is 220 Å². The first-order chi connectivity index (χ1) is 18.4. The van der Waals surface area contributed by atoms with E-state index in [1.165, 1.54) is 6.92 Å². The summed E-state index contributed by atoms with van der Waals surface area (Å²) in [5, 5.41) is 9.64. The monoisotopic (exact) mass is 519 g/mol. The van der Waals surface area contributed by atoms with E-state index in [0.29, 0.717) is 38.8 Å². The molecule has 2 aliphatic rings. The van der Waals surface area contributed by atoms with Crippen LogP contribution < -0.4 is 4.90 Å². The zero-order chi connectivity index (χ0) is 26.4. The molecular weight excluding hydrogens is 486 g/mol. The van der Waals surface area contributed by atoms with Crippen LogP contribution in [0.3, 0.4) is 0 Å². The van der Waals surface area contributed by atoms with Gasteiger partial charge >= 0.3 is 0 Å². The minimum atomic E-state index is -0.968. The number of piperazine rings is 1. The molecule has 12 nitrogen and oxygen atoms in total. The van der Waals surface area contributed by atoms with Crippen LogP contribution in [0, 0.1) is 6.92 Å². The third kappa shape index (κ3) is 4.38. The van der Waals surface area contributed by atoms with E-state index in [1.54, 1.807) is 4.90 Å². The van der Waals surface area contributed by atoms with Crippen LogP contribution in [0.5, 0.6) is 0 Å². The Kier molecular flexibility index (Phi) is 6.46. The fraction of sp³-hybridized carbons (Fsp3) is 0.500. The molecule has 38 heavy (non-hydrogen) atoms. The molecule has 2 fully saturated rings. The van der Waals surface area contributed by atoms with Crippen LogP contribution in [0.2, 0.25) is 0 Å². The topological polar surface area (TPSA) is 118 Å². The van der Waals surface area contributed by atoms with Crippen LogP contribution in [0.1, 0.15) is 18.6 Å². The number of amides is 1. The Morgan fingerprint density at radius 2 is 1.76 bits per heavy atom. The smallest absolute Gasteiger partial charge is 0.251 e. The summed E-state index contributed by atoms with van der Waals surface area (Å²) in [6, 6.07) is 8.01. The van der Waals surface area contributed by atoms with E-state index in [-0.39, 0.29) is 5.91 Å². The van der Waals surface area contributed by atoms with Crippen LogP contribution in [-0.2, 0) is 23.1 Å². The number of imidazole rings is 2. The van der Waals surface area contributed by atoms with E-state index in [2.05, 4.69) is 9.80 Å². The summed E-state index contributed by atoms with van der Waals surface area (Å²) < 4.78 is 9.66. The number of morpholine rings is 1. The number of aliphatic hydroxyl groups excluding tert-OH is 1. The number of benzene rings is 1. The molecule has 0 saturated carbocycles. The van der Waals surface area contributed by atoms with Crippen molar-refractivity contribution in [3.05, 3.63) is 35.9 Å². The first-order valence-electron chi connectivity index (χ1n) is 13.1. The van der Waals surface area contributed by atoms with E-state index in [0.717, 1.165) is 65.8 Å². The minimum Gasteiger partial charge on any atom is -0.384 e. The number of para-hydroxylation sites is 2. The largest absolute Gasteiger partial charge is 0.384 e. The van der Waals surface area contributed by atoms with Crippen molar-refractivity contribution in [2.24, 2.45) is 7.05 Å². The highest BCUT2D eigenvalue weighted by molar-refractivity contribution is 5.86. The molecule has 4 aromatic rings. The maximum Gasteiger partial charge on any atom is 0.251 e. The van der Waals surface area contributed by atoms with Gasteiger partial charge in [0.2, 0.25) is 5.95 Å². The lowest BCUT2D eigenvalue weighted by molar-refractivity contribution is -0.141. The molecule has 0 spiro atoms. The Hall–Kier alpha value is -3.61. The number of fused-ring (bicyclic) bond motifs is 2. The summed E-state index contributed by atoms with van der Waals surface area (Å²) in [4.78, 5) is 38.2. The maximum absolute atomic E-state index is 12.2. The van der Waals surface area contributed by atoms with Gasteiger partial charge in [-0.25, -0.2) is 9.97 Å². The normalized spacial score (nSPS) is 18.0. The molecule has 5 heterocycles. The van der Waals surface area contributed by atoms with Gasteiger partial charge in [0.25, 0.3) is 5.91 Å². The number of hydrogen-bond donors (Lipinski definition) is 1. The number of aromatic nitrogens is 6. The quantitative estimate of drug-likeness (QED) is 0.410. The molecule has 2 saturated heterocycles. The lowest BCUT2D eigenvalue weighted by Gasteiger charge is -2.35. The van der Waals surface area contributed by atoms with Crippen molar-refractivity contribution in [2.45, 2.75) is 26.5 Å². The van der Waals surface area contributed by atoms with Crippen molar-refractivity contribution in [1.82, 2.24) is 38.9 Å². The number of anilines is 1. The summed E-state index contributed by atoms with van der Waals surface area (Å²) in [5.41, 5.74) is 3.41. The van der Waals surface area contributed by atoms with E-state index in [1.807, 2.05) is 47.4 Å². The second-order valence-corrected chi connectivity index (χ2v) is 9.97. The van der Waals surface area contributed by atoms with Crippen LogP contribution in [-0.4, -0.2) is 108 Å². The van der Waals surface area contributed by atoms with E-state index < -0.39 is 6.10 Å². The molecule has 0 radical (unpaired) electrons. The van der Waals surface area contributed by atoms with Crippen LogP contribution in [0.15, 0.2) is 24.3 Å². The predicted octanol–water partition coefficient (Wildman–Crippen LogP) is 0.872. The number of rotatable bonds is 5. The second-order valence-electron chi connectivity index (χ2n) is 9.97. The predicted molar refractivity (Wildman–Crippen MR) is 142 cm³/mol. The molecule has 1 unspecified atom stereocenters. The molecule has 6 rings (SSSR count). The molecule has 12 heteroatoms. The third-order valence-electron chi connectivity index (χ3n) is 7.43. The van der Waals surface area contributed by atoms with E-state index in [9.17, 15) is 9.90 Å². The average molecular weight is 520 g/mol. The van der Waals surface area contributed by atoms with Gasteiger partial charge in [0.1, 0.15) is 17.8 Å². The Bertz CT molecular complexity index is 1480. The molecule has 1 N–H and O–H groups in total. The molecule has 3 aromatic heterocycles. The number of hydrogen-bond acceptors (Lipinski definition) is 9. The van der Waals surface area contributed by atoms with Gasteiger partial charge in [-0.15, -0.1) is 0 Å². The molecule has 1 amide bonds. The molecule has 1 atom stereocenters. The van der Waals surface area contributed by atoms with Crippen molar-refractivity contribution in [3.8, 4) is 5.95 Å². The Morgan fingerprint density at radius 3 is 2.50 bits per heavy atom. The summed E-state index contributed by atoms with van der Waals surface area (Å²) in [6.07, 6.45) is -0.968. The zero-order valence-electron chi connectivity index (χ0n) is 22.0. The lowest BCUT2D eigenvalue weighted by atomic mass is 10.2. The average Bonchev–Trinajstić information content (AvgIpc) is 3.44. The second kappa shape index (κ2) is 9.93. The highest BCUT2D eigenvalue weighted by Gasteiger charge is 2.27. The van der Waals surface area contributed by atoms with Gasteiger partial charge in [0.05, 0.1) is 30.8 Å². The number of nitrogens with zero attached hydrogens (tertiary/aromatic N) is 9. The van der Waals surface area contributed by atoms with Crippen molar-refractivity contribution < 1.29 is 14.6 Å². The summed E-state index contributed by atoms with van der Waals surface area (Å²) >= 11 is 0. The minimum absolute atomic E-state index is 0.215. The van der Waals surface area contributed by atoms with Crippen LogP contribution in [0.4, 0.5) is 5.82 Å². The number of aliphatic hydroxyl groups is 1. The summed E-state index contributed by atoms with van der Waals surface area (Å²) in [6.45, 7) is 9.49. The number of carbonyl (C=O) groups is 1. The fourth-order valence-electron chi connectivity index (χ4n) is 5.31. The molecule has 0 bridgehead atoms. The van der Waals surface area contributed by atoms with Gasteiger partial charge in [-0.3, -0.25) is 14.3 Å². The number of aryl methyl sites for hydroxylation is 2. The highest BCUT2D eigenvalue weighted by Crippen LogP contribution is 2.28. The highest BCUT2D eigenvalue weighted by atomic mass is 16.5. The standard InChI is InChI=1S/C26H33N9O3/c1-17(36)25(37)34-10-8-32(9-11-34)16-21-28-22-23(31(21)3)29-26(30-24(22)33-12-14-38-15-13-33)35-18(2)27-19-6-4-5-7-20(19)35/h4-7,17,36H,8-16H2,1-3H3. The lowest BCUT2D eigenvalue weighted by Crippen LogP contribution is -2.50. The summed E-state index contributed by atoms with van der Waals surface area (Å²) in [7, 11) is 2.00. The van der Waals surface area contributed by atoms with Crippen molar-refractivity contribution in [2.75, 3.05) is 57.4 Å². The van der Waals surface area contributed by atoms with E-state index in [4.69, 9.17) is 24.7 Å². The Morgan fingerprint density at radius 1 is 1.03 bits per heavy atom. The van der Waals surface area contributed by atoms with Crippen molar-refractivity contribution in [1.29, 1.82) is 0 Å². The fourth-order valence-corrected chi connectivity index (χ4v) is 5.31. The number of ether oxygens (including phenoxy) is 1. The van der Waals surface area contributed by atoms with Crippen LogP contribution >= 0.6 is 0 Å². The van der Waals surface area contributed by atoms with Gasteiger partial charge < -0.3 is 24.2 Å². The van der Waals surface area contributed by atoms with Gasteiger partial charge in [0.15, 0.2) is 17.0 Å². The Balaban J connectivity index is 1.38. The maximum atomic E-state index is 12.2. The van der Waals surface area contributed by atoms with Crippen molar-refractivity contribution >= 4 is 33.9 Å². The molecular formula is C26H33N9O3. The van der Waals surface area contributed by atoms with Gasteiger partial charge in [-0.2, -0.15) is 9.97 Å². The third-order valence-corrected chi connectivity index (χ3v) is 7.43. The molecule has 1 aromatic carbocycles. The zero-order valence-corrected chi connectivity index (χ0v) is 22.0. The van der Waals surface area contributed by atoms with Gasteiger partial charge in [-0.05, 0) is 26.0 Å². The van der Waals surface area contributed by atoms with E-state index >= 15 is 0 Å². The van der Waals surface area contributed by atoms with Crippen molar-refractivity contribution in [3.63, 3.8) is 0 Å². The van der Waals surface area contributed by atoms with Crippen LogP contribution in [0.25, 0.3) is 28.1 Å². The van der Waals surface area contributed by atoms with Gasteiger partial charge in [-0.1, -0.05) is 12.1 Å². The molecule has 200 valence electrons. The molecule has 0 aliphatic carbocycles. The first kappa shape index (κ1) is 24.7. The van der Waals surface area contributed by atoms with Gasteiger partial charge in [0, 0.05) is 46.3 Å². The number of carbonyl (C=O) groups excluding carboxylic acids is 1. The summed E-state index contributed by atoms with van der Waals surface area (Å²) in [5.74, 6) is 2.88. The SMILES string of the molecule is Cc1nc2ccccc2n1-c1nc(N2CCOCC2)c2nc(CN3CCN(C(=O)C(C)O)CC3)n(C)c2n1. The molecule has 2 aliphatic heterocycles.